The number of carbonyl (C=O) groups is 2. The summed E-state index contributed by atoms with van der Waals surface area (Å²) in [6, 6.07) is -0.628. The van der Waals surface area contributed by atoms with Gasteiger partial charge in [0.1, 0.15) is 0 Å². The summed E-state index contributed by atoms with van der Waals surface area (Å²) in [5.41, 5.74) is 0. The van der Waals surface area contributed by atoms with Crippen molar-refractivity contribution in [2.45, 2.75) is 456 Å². The van der Waals surface area contributed by atoms with Crippen molar-refractivity contribution in [1.29, 1.82) is 0 Å². The highest BCUT2D eigenvalue weighted by atomic mass is 16.5. The van der Waals surface area contributed by atoms with Crippen molar-refractivity contribution in [2.24, 2.45) is 0 Å². The number of carbonyl (C=O) groups excluding carboxylic acids is 2. The Labute approximate surface area is 556 Å². The van der Waals surface area contributed by atoms with Crippen LogP contribution in [0, 0.1) is 0 Å². The summed E-state index contributed by atoms with van der Waals surface area (Å²) in [7, 11) is 0. The minimum Gasteiger partial charge on any atom is -0.466 e. The monoisotopic (exact) mass is 1250 g/mol. The molecule has 0 aromatic heterocycles. The Morgan fingerprint density at radius 1 is 0.315 bits per heavy atom. The third kappa shape index (κ3) is 74.7. The van der Waals surface area contributed by atoms with E-state index in [4.69, 9.17) is 4.74 Å². The van der Waals surface area contributed by atoms with Crippen LogP contribution >= 0.6 is 0 Å². The third-order valence-electron chi connectivity index (χ3n) is 18.8. The van der Waals surface area contributed by atoms with Gasteiger partial charge in [-0.15, -0.1) is 0 Å². The van der Waals surface area contributed by atoms with Gasteiger partial charge in [-0.3, -0.25) is 9.59 Å². The van der Waals surface area contributed by atoms with E-state index in [1.54, 1.807) is 6.08 Å². The quantitative estimate of drug-likeness (QED) is 0.0320. The molecule has 0 bridgehead atoms. The second kappa shape index (κ2) is 78.3. The highest BCUT2D eigenvalue weighted by Gasteiger charge is 2.18. The molecule has 0 aromatic rings. The number of allylic oxidation sites excluding steroid dienone is 7. The van der Waals surface area contributed by atoms with Gasteiger partial charge >= 0.3 is 5.97 Å². The molecule has 2 atom stereocenters. The summed E-state index contributed by atoms with van der Waals surface area (Å²) in [5.74, 6) is -0.0549. The largest absolute Gasteiger partial charge is 0.466 e. The smallest absolute Gasteiger partial charge is 0.305 e. The van der Waals surface area contributed by atoms with E-state index in [9.17, 15) is 19.8 Å². The summed E-state index contributed by atoms with van der Waals surface area (Å²) < 4.78 is 5.50. The first-order chi connectivity index (χ1) is 44.0. The molecule has 1 amide bonds. The van der Waals surface area contributed by atoms with E-state index in [2.05, 4.69) is 55.6 Å². The van der Waals surface area contributed by atoms with Gasteiger partial charge in [0.15, 0.2) is 0 Å². The van der Waals surface area contributed by atoms with E-state index in [0.29, 0.717) is 19.4 Å². The van der Waals surface area contributed by atoms with Crippen molar-refractivity contribution in [3.05, 3.63) is 48.6 Å². The fourth-order valence-electron chi connectivity index (χ4n) is 12.7. The molecule has 0 aromatic carbocycles. The Kier molecular flexibility index (Phi) is 76.3. The number of ether oxygens (including phenoxy) is 1. The zero-order valence-corrected chi connectivity index (χ0v) is 60.2. The molecule has 0 saturated heterocycles. The lowest BCUT2D eigenvalue weighted by Crippen LogP contribution is -2.45. The normalized spacial score (nSPS) is 12.7. The van der Waals surface area contributed by atoms with Crippen molar-refractivity contribution in [1.82, 2.24) is 5.32 Å². The maximum Gasteiger partial charge on any atom is 0.305 e. The second-order valence-electron chi connectivity index (χ2n) is 27.7. The van der Waals surface area contributed by atoms with Crippen LogP contribution in [0.15, 0.2) is 48.6 Å². The van der Waals surface area contributed by atoms with Crippen LogP contribution in [0.2, 0.25) is 0 Å². The summed E-state index contributed by atoms with van der Waals surface area (Å²) in [6.07, 6.45) is 104. The number of rotatable bonds is 76. The molecule has 6 nitrogen and oxygen atoms in total. The highest BCUT2D eigenvalue weighted by molar-refractivity contribution is 5.76. The van der Waals surface area contributed by atoms with Gasteiger partial charge in [-0.05, 0) is 89.9 Å². The number of aliphatic hydroxyl groups excluding tert-OH is 2. The Hall–Kier alpha value is -2.18. The van der Waals surface area contributed by atoms with E-state index in [-0.39, 0.29) is 18.5 Å². The number of amides is 1. The van der Waals surface area contributed by atoms with E-state index in [0.717, 1.165) is 51.4 Å². The molecule has 0 aliphatic heterocycles. The average Bonchev–Trinajstić information content (AvgIpc) is 3.64. The molecule has 3 N–H and O–H groups in total. The van der Waals surface area contributed by atoms with Crippen molar-refractivity contribution in [2.75, 3.05) is 13.2 Å². The number of hydrogen-bond donors (Lipinski definition) is 3. The van der Waals surface area contributed by atoms with Crippen LogP contribution < -0.4 is 5.32 Å². The first-order valence-corrected chi connectivity index (χ1v) is 40.4. The Bertz CT molecular complexity index is 1490. The van der Waals surface area contributed by atoms with Gasteiger partial charge in [0.05, 0.1) is 25.4 Å². The van der Waals surface area contributed by atoms with E-state index in [1.165, 1.54) is 366 Å². The summed E-state index contributed by atoms with van der Waals surface area (Å²) in [4.78, 5) is 24.6. The van der Waals surface area contributed by atoms with Gasteiger partial charge in [-0.25, -0.2) is 0 Å². The Morgan fingerprint density at radius 3 is 0.876 bits per heavy atom. The lowest BCUT2D eigenvalue weighted by molar-refractivity contribution is -0.143. The summed E-state index contributed by atoms with van der Waals surface area (Å²) in [6.45, 7) is 4.93. The molecule has 0 saturated carbocycles. The molecule has 524 valence electrons. The van der Waals surface area contributed by atoms with E-state index >= 15 is 0 Å². The van der Waals surface area contributed by atoms with Crippen LogP contribution in [0.1, 0.15) is 444 Å². The Morgan fingerprint density at radius 2 is 0.562 bits per heavy atom. The van der Waals surface area contributed by atoms with Gasteiger partial charge in [-0.2, -0.15) is 0 Å². The SMILES string of the molecule is CCCCCC/C=C\C/C=C\CCCCCCCC(=O)OCCCCCCCCCCCCCC/C=C\CCCCCCCCCCCCCCCCCCCC(=O)NC(CO)C(O)/C=C/CCCCCCCCCCCCCCCCCCCCCCC. The molecule has 0 aliphatic rings. The average molecular weight is 1250 g/mol. The lowest BCUT2D eigenvalue weighted by atomic mass is 10.0. The topological polar surface area (TPSA) is 95.9 Å². The zero-order chi connectivity index (χ0) is 64.2. The molecule has 0 heterocycles. The number of nitrogens with one attached hydrogen (secondary N) is 1. The molecule has 6 heteroatoms. The van der Waals surface area contributed by atoms with Crippen LogP contribution in [0.4, 0.5) is 0 Å². The van der Waals surface area contributed by atoms with Crippen LogP contribution in [0.3, 0.4) is 0 Å². The lowest BCUT2D eigenvalue weighted by Gasteiger charge is -2.20. The number of unbranched alkanes of at least 4 members (excludes halogenated alkanes) is 59. The molecule has 0 aliphatic carbocycles. The van der Waals surface area contributed by atoms with Gasteiger partial charge in [-0.1, -0.05) is 390 Å². The minimum absolute atomic E-state index is 0.00544. The van der Waals surface area contributed by atoms with Crippen LogP contribution in [0.5, 0.6) is 0 Å². The molecule has 0 fully saturated rings. The van der Waals surface area contributed by atoms with E-state index in [1.807, 2.05) is 6.08 Å². The summed E-state index contributed by atoms with van der Waals surface area (Å²) in [5, 5.41) is 23.3. The maximum absolute atomic E-state index is 12.6. The third-order valence-corrected chi connectivity index (χ3v) is 18.8. The molecule has 89 heavy (non-hydrogen) atoms. The fraction of sp³-hybridized carbons (Fsp3) is 0.880. The van der Waals surface area contributed by atoms with Crippen LogP contribution in [-0.4, -0.2) is 47.4 Å². The first-order valence-electron chi connectivity index (χ1n) is 40.4. The maximum atomic E-state index is 12.6. The molecular formula is C83H157NO5. The minimum atomic E-state index is -0.844. The van der Waals surface area contributed by atoms with E-state index < -0.39 is 12.1 Å². The molecular weight excluding hydrogens is 1090 g/mol. The molecule has 0 radical (unpaired) electrons. The Balaban J connectivity index is 3.38. The first kappa shape index (κ1) is 86.8. The van der Waals surface area contributed by atoms with Crippen molar-refractivity contribution in [3.63, 3.8) is 0 Å². The van der Waals surface area contributed by atoms with Gasteiger partial charge in [0.2, 0.25) is 5.91 Å². The highest BCUT2D eigenvalue weighted by Crippen LogP contribution is 2.19. The molecule has 0 rings (SSSR count). The second-order valence-corrected chi connectivity index (χ2v) is 27.7. The molecule has 0 spiro atoms. The van der Waals surface area contributed by atoms with Gasteiger partial charge in [0.25, 0.3) is 0 Å². The van der Waals surface area contributed by atoms with Crippen molar-refractivity contribution < 1.29 is 24.5 Å². The fourth-order valence-corrected chi connectivity index (χ4v) is 12.7. The molecule has 2 unspecified atom stereocenters. The van der Waals surface area contributed by atoms with Crippen molar-refractivity contribution >= 4 is 11.9 Å². The van der Waals surface area contributed by atoms with Crippen molar-refractivity contribution in [3.8, 4) is 0 Å². The predicted molar refractivity (Wildman–Crippen MR) is 393 cm³/mol. The van der Waals surface area contributed by atoms with Gasteiger partial charge in [0, 0.05) is 12.8 Å². The zero-order valence-electron chi connectivity index (χ0n) is 60.2. The summed E-state index contributed by atoms with van der Waals surface area (Å²) >= 11 is 0. The number of aliphatic hydroxyl groups is 2. The number of esters is 1. The van der Waals surface area contributed by atoms with Crippen LogP contribution in [-0.2, 0) is 14.3 Å². The van der Waals surface area contributed by atoms with Crippen LogP contribution in [0.25, 0.3) is 0 Å². The predicted octanol–water partition coefficient (Wildman–Crippen LogP) is 26.8. The standard InChI is InChI=1S/C83H157NO5/c1-3-5-7-9-11-13-15-17-19-21-22-23-35-38-41-44-47-51-55-59-63-67-71-75-81(86)80(79-85)84-82(87)76-72-68-64-60-56-52-48-45-42-39-36-33-31-29-27-25-24-26-28-30-32-34-37-40-43-46-50-54-58-62-66-70-74-78-89-83(88)77-73-69-65-61-57-53-49-20-18-16-14-12-10-8-6-4-2/h14,16,20,28,30,49,71,75,80-81,85-86H,3-13,15,17-19,21-27,29,31-48,50-70,72-74,76-79H2,1-2H3,(H,84,87)/b16-14-,30-28-,49-20-,75-71+. The van der Waals surface area contributed by atoms with Gasteiger partial charge < -0.3 is 20.3 Å². The number of hydrogen-bond acceptors (Lipinski definition) is 5.